The first-order valence-corrected chi connectivity index (χ1v) is 7.06. The fourth-order valence-electron chi connectivity index (χ4n) is 2.53. The number of piperidine rings is 1. The number of para-hydroxylation sites is 1. The molecule has 0 saturated carbocycles. The van der Waals surface area contributed by atoms with Crippen LogP contribution >= 0.6 is 0 Å². The number of carbonyl (C=O) groups is 2. The van der Waals surface area contributed by atoms with E-state index in [0.29, 0.717) is 23.6 Å². The van der Waals surface area contributed by atoms with Crippen molar-refractivity contribution in [3.63, 3.8) is 0 Å². The Kier molecular flexibility index (Phi) is 5.12. The molecular weight excluding hydrogens is 254 g/mol. The molecule has 1 unspecified atom stereocenters. The topological polar surface area (TPSA) is 84.2 Å². The normalized spacial score (nSPS) is 18.5. The molecule has 1 aliphatic heterocycles. The van der Waals surface area contributed by atoms with Crippen molar-refractivity contribution < 1.29 is 9.59 Å². The van der Waals surface area contributed by atoms with Crippen molar-refractivity contribution in [2.24, 2.45) is 11.7 Å². The van der Waals surface area contributed by atoms with Crippen LogP contribution in [-0.2, 0) is 4.79 Å². The zero-order chi connectivity index (χ0) is 14.4. The highest BCUT2D eigenvalue weighted by Gasteiger charge is 2.15. The number of benzene rings is 1. The number of nitrogens with one attached hydrogen (secondary N) is 2. The van der Waals surface area contributed by atoms with E-state index in [1.54, 1.807) is 24.3 Å². The van der Waals surface area contributed by atoms with Gasteiger partial charge < -0.3 is 16.4 Å². The fourth-order valence-corrected chi connectivity index (χ4v) is 2.53. The van der Waals surface area contributed by atoms with E-state index in [4.69, 9.17) is 5.73 Å². The van der Waals surface area contributed by atoms with E-state index in [0.717, 1.165) is 19.5 Å². The first-order valence-electron chi connectivity index (χ1n) is 7.06. The van der Waals surface area contributed by atoms with Gasteiger partial charge in [-0.1, -0.05) is 12.1 Å². The molecule has 0 radical (unpaired) electrons. The van der Waals surface area contributed by atoms with Crippen molar-refractivity contribution in [2.75, 3.05) is 18.4 Å². The number of anilines is 1. The Morgan fingerprint density at radius 3 is 2.85 bits per heavy atom. The lowest BCUT2D eigenvalue weighted by atomic mass is 9.94. The molecule has 1 fully saturated rings. The van der Waals surface area contributed by atoms with Crippen LogP contribution in [0.15, 0.2) is 24.3 Å². The van der Waals surface area contributed by atoms with Crippen molar-refractivity contribution in [3.8, 4) is 0 Å². The molecule has 1 atom stereocenters. The van der Waals surface area contributed by atoms with Crippen molar-refractivity contribution in [2.45, 2.75) is 25.7 Å². The minimum absolute atomic E-state index is 0.0655. The Labute approximate surface area is 118 Å². The van der Waals surface area contributed by atoms with Gasteiger partial charge in [-0.15, -0.1) is 0 Å². The number of carbonyl (C=O) groups excluding carboxylic acids is 2. The second-order valence-electron chi connectivity index (χ2n) is 5.21. The third-order valence-electron chi connectivity index (χ3n) is 3.65. The molecule has 1 aromatic rings. The molecule has 2 amide bonds. The van der Waals surface area contributed by atoms with Crippen molar-refractivity contribution in [1.29, 1.82) is 0 Å². The molecule has 1 heterocycles. The Hall–Kier alpha value is -1.88. The van der Waals surface area contributed by atoms with E-state index in [2.05, 4.69) is 10.6 Å². The Bertz CT molecular complexity index is 482. The standard InChI is InChI=1S/C15H21N3O2/c16-15(20)12-5-1-2-6-13(12)18-14(19)8-7-11-4-3-9-17-10-11/h1-2,5-6,11,17H,3-4,7-10H2,(H2,16,20)(H,18,19). The van der Waals surface area contributed by atoms with Gasteiger partial charge in [-0.3, -0.25) is 9.59 Å². The first kappa shape index (κ1) is 14.5. The highest BCUT2D eigenvalue weighted by atomic mass is 16.2. The average Bonchev–Trinajstić information content (AvgIpc) is 2.46. The van der Waals surface area contributed by atoms with Gasteiger partial charge in [0.15, 0.2) is 0 Å². The van der Waals surface area contributed by atoms with Gasteiger partial charge in [0.05, 0.1) is 11.3 Å². The van der Waals surface area contributed by atoms with Gasteiger partial charge in [-0.25, -0.2) is 0 Å². The number of primary amides is 1. The number of hydrogen-bond acceptors (Lipinski definition) is 3. The van der Waals surface area contributed by atoms with Crippen LogP contribution in [0, 0.1) is 5.92 Å². The molecule has 20 heavy (non-hydrogen) atoms. The van der Waals surface area contributed by atoms with Crippen molar-refractivity contribution in [3.05, 3.63) is 29.8 Å². The molecular formula is C15H21N3O2. The summed E-state index contributed by atoms with van der Waals surface area (Å²) in [4.78, 5) is 23.2. The summed E-state index contributed by atoms with van der Waals surface area (Å²) in [6.45, 7) is 2.07. The number of nitrogens with two attached hydrogens (primary N) is 1. The third kappa shape index (κ3) is 4.06. The monoisotopic (exact) mass is 275 g/mol. The third-order valence-corrected chi connectivity index (χ3v) is 3.65. The molecule has 4 N–H and O–H groups in total. The van der Waals surface area contributed by atoms with Gasteiger partial charge >= 0.3 is 0 Å². The van der Waals surface area contributed by atoms with Crippen LogP contribution < -0.4 is 16.4 Å². The number of hydrogen-bond donors (Lipinski definition) is 3. The second-order valence-corrected chi connectivity index (χ2v) is 5.21. The maximum absolute atomic E-state index is 11.9. The highest BCUT2D eigenvalue weighted by Crippen LogP contribution is 2.18. The summed E-state index contributed by atoms with van der Waals surface area (Å²) in [5.74, 6) is -0.0254. The Morgan fingerprint density at radius 2 is 2.15 bits per heavy atom. The summed E-state index contributed by atoms with van der Waals surface area (Å²) in [6.07, 6.45) is 3.70. The number of amides is 2. The predicted molar refractivity (Wildman–Crippen MR) is 78.4 cm³/mol. The smallest absolute Gasteiger partial charge is 0.250 e. The summed E-state index contributed by atoms with van der Waals surface area (Å²) < 4.78 is 0. The Morgan fingerprint density at radius 1 is 1.35 bits per heavy atom. The zero-order valence-electron chi connectivity index (χ0n) is 11.5. The van der Waals surface area contributed by atoms with E-state index in [1.165, 1.54) is 12.8 Å². The maximum atomic E-state index is 11.9. The minimum Gasteiger partial charge on any atom is -0.366 e. The van der Waals surface area contributed by atoms with Gasteiger partial charge in [0.2, 0.25) is 5.91 Å². The highest BCUT2D eigenvalue weighted by molar-refractivity contribution is 6.02. The van der Waals surface area contributed by atoms with E-state index >= 15 is 0 Å². The summed E-state index contributed by atoms with van der Waals surface area (Å²) in [5.41, 5.74) is 6.12. The van der Waals surface area contributed by atoms with Crippen molar-refractivity contribution in [1.82, 2.24) is 5.32 Å². The molecule has 5 heteroatoms. The molecule has 0 aromatic heterocycles. The summed E-state index contributed by atoms with van der Waals surface area (Å²) in [5, 5.41) is 6.11. The molecule has 1 saturated heterocycles. The summed E-state index contributed by atoms with van der Waals surface area (Å²) in [7, 11) is 0. The largest absolute Gasteiger partial charge is 0.366 e. The lowest BCUT2D eigenvalue weighted by Gasteiger charge is -2.22. The van der Waals surface area contributed by atoms with Crippen LogP contribution in [0.2, 0.25) is 0 Å². The minimum atomic E-state index is -0.530. The van der Waals surface area contributed by atoms with Gasteiger partial charge in [-0.05, 0) is 50.4 Å². The molecule has 0 aliphatic carbocycles. The van der Waals surface area contributed by atoms with Crippen molar-refractivity contribution >= 4 is 17.5 Å². The molecule has 5 nitrogen and oxygen atoms in total. The molecule has 2 rings (SSSR count). The lowest BCUT2D eigenvalue weighted by molar-refractivity contribution is -0.116. The first-order chi connectivity index (χ1) is 9.66. The van der Waals surface area contributed by atoms with E-state index in [-0.39, 0.29) is 5.91 Å². The Balaban J connectivity index is 1.86. The summed E-state index contributed by atoms with van der Waals surface area (Å²) in [6, 6.07) is 6.81. The van der Waals surface area contributed by atoms with E-state index < -0.39 is 5.91 Å². The van der Waals surface area contributed by atoms with Crippen LogP contribution in [0.25, 0.3) is 0 Å². The van der Waals surface area contributed by atoms with Crippen LogP contribution in [-0.4, -0.2) is 24.9 Å². The maximum Gasteiger partial charge on any atom is 0.250 e. The molecule has 1 aliphatic rings. The molecule has 108 valence electrons. The molecule has 0 spiro atoms. The zero-order valence-corrected chi connectivity index (χ0v) is 11.5. The SMILES string of the molecule is NC(=O)c1ccccc1NC(=O)CCC1CCCNC1. The van der Waals surface area contributed by atoms with Crippen LogP contribution in [0.5, 0.6) is 0 Å². The molecule has 0 bridgehead atoms. The fraction of sp³-hybridized carbons (Fsp3) is 0.467. The second kappa shape index (κ2) is 7.05. The van der Waals surface area contributed by atoms with E-state index in [1.807, 2.05) is 0 Å². The van der Waals surface area contributed by atoms with Gasteiger partial charge in [-0.2, -0.15) is 0 Å². The summed E-state index contributed by atoms with van der Waals surface area (Å²) >= 11 is 0. The van der Waals surface area contributed by atoms with Gasteiger partial charge in [0.1, 0.15) is 0 Å². The van der Waals surface area contributed by atoms with Crippen LogP contribution in [0.4, 0.5) is 5.69 Å². The predicted octanol–water partition coefficient (Wildman–Crippen LogP) is 1.50. The number of rotatable bonds is 5. The molecule has 1 aromatic carbocycles. The lowest BCUT2D eigenvalue weighted by Crippen LogP contribution is -2.30. The average molecular weight is 275 g/mol. The van der Waals surface area contributed by atoms with Crippen LogP contribution in [0.3, 0.4) is 0 Å². The van der Waals surface area contributed by atoms with Crippen LogP contribution in [0.1, 0.15) is 36.0 Å². The van der Waals surface area contributed by atoms with Gasteiger partial charge in [0, 0.05) is 6.42 Å². The quantitative estimate of drug-likeness (QED) is 0.761. The van der Waals surface area contributed by atoms with E-state index in [9.17, 15) is 9.59 Å². The van der Waals surface area contributed by atoms with Gasteiger partial charge in [0.25, 0.3) is 5.91 Å².